The Morgan fingerprint density at radius 2 is 2.07 bits per heavy atom. The van der Waals surface area contributed by atoms with E-state index in [1.165, 1.54) is 6.07 Å². The van der Waals surface area contributed by atoms with Crippen LogP contribution in [0.25, 0.3) is 0 Å². The monoisotopic (exact) mass is 234 g/mol. The molecule has 0 amide bonds. The SMILES string of the molecule is N#Cc1cncc(C(=O)Cl)c1C(F)(F)F. The van der Waals surface area contributed by atoms with E-state index in [1.54, 1.807) is 0 Å². The normalized spacial score (nSPS) is 10.9. The number of pyridine rings is 1. The second-order valence-corrected chi connectivity index (χ2v) is 2.84. The first-order chi connectivity index (χ1) is 6.88. The van der Waals surface area contributed by atoms with Crippen molar-refractivity contribution >= 4 is 16.8 Å². The quantitative estimate of drug-likeness (QED) is 0.701. The van der Waals surface area contributed by atoms with Gasteiger partial charge in [-0.3, -0.25) is 9.78 Å². The minimum absolute atomic E-state index is 0.680. The first kappa shape index (κ1) is 11.5. The van der Waals surface area contributed by atoms with E-state index >= 15 is 0 Å². The van der Waals surface area contributed by atoms with Crippen LogP contribution in [0, 0.1) is 11.3 Å². The van der Waals surface area contributed by atoms with Crippen LogP contribution in [0.3, 0.4) is 0 Å². The number of alkyl halides is 3. The number of rotatable bonds is 1. The predicted molar refractivity (Wildman–Crippen MR) is 44.1 cm³/mol. The molecule has 0 N–H and O–H groups in total. The van der Waals surface area contributed by atoms with Gasteiger partial charge >= 0.3 is 6.18 Å². The summed E-state index contributed by atoms with van der Waals surface area (Å²) in [6, 6.07) is 1.30. The molecule has 0 aliphatic rings. The molecule has 1 heterocycles. The lowest BCUT2D eigenvalue weighted by molar-refractivity contribution is -0.138. The number of nitrogens with zero attached hydrogens (tertiary/aromatic N) is 2. The fraction of sp³-hybridized carbons (Fsp3) is 0.125. The van der Waals surface area contributed by atoms with Crippen molar-refractivity contribution in [3.8, 4) is 6.07 Å². The molecule has 1 rings (SSSR count). The highest BCUT2D eigenvalue weighted by atomic mass is 35.5. The predicted octanol–water partition coefficient (Wildman–Crippen LogP) is 2.35. The Bertz CT molecular complexity index is 450. The van der Waals surface area contributed by atoms with Gasteiger partial charge in [0.25, 0.3) is 5.24 Å². The summed E-state index contributed by atoms with van der Waals surface area (Å²) in [6.45, 7) is 0. The Kier molecular flexibility index (Phi) is 2.95. The lowest BCUT2D eigenvalue weighted by Gasteiger charge is -2.10. The zero-order chi connectivity index (χ0) is 11.6. The van der Waals surface area contributed by atoms with Gasteiger partial charge in [-0.1, -0.05) is 0 Å². The van der Waals surface area contributed by atoms with Gasteiger partial charge in [-0.2, -0.15) is 18.4 Å². The third-order valence-electron chi connectivity index (χ3n) is 1.56. The summed E-state index contributed by atoms with van der Waals surface area (Å²) < 4.78 is 37.4. The van der Waals surface area contributed by atoms with Gasteiger partial charge < -0.3 is 0 Å². The Labute approximate surface area is 87.1 Å². The van der Waals surface area contributed by atoms with E-state index in [4.69, 9.17) is 16.9 Å². The lowest BCUT2D eigenvalue weighted by atomic mass is 10.1. The van der Waals surface area contributed by atoms with Crippen molar-refractivity contribution in [3.63, 3.8) is 0 Å². The fourth-order valence-corrected chi connectivity index (χ4v) is 1.14. The molecular weight excluding hydrogens is 233 g/mol. The van der Waals surface area contributed by atoms with Crippen molar-refractivity contribution in [2.24, 2.45) is 0 Å². The Hall–Kier alpha value is -1.61. The minimum atomic E-state index is -4.81. The summed E-state index contributed by atoms with van der Waals surface area (Å²) >= 11 is 4.96. The number of nitriles is 1. The van der Waals surface area contributed by atoms with Gasteiger partial charge in [0.15, 0.2) is 0 Å². The minimum Gasteiger partial charge on any atom is -0.276 e. The number of carbonyl (C=O) groups excluding carboxylic acids is 1. The highest BCUT2D eigenvalue weighted by molar-refractivity contribution is 6.67. The largest absolute Gasteiger partial charge is 0.418 e. The third kappa shape index (κ3) is 2.25. The summed E-state index contributed by atoms with van der Waals surface area (Å²) in [5.74, 6) is 0. The van der Waals surface area contributed by atoms with E-state index in [1.807, 2.05) is 0 Å². The van der Waals surface area contributed by atoms with Crippen molar-refractivity contribution in [3.05, 3.63) is 29.1 Å². The first-order valence-electron chi connectivity index (χ1n) is 3.53. The van der Waals surface area contributed by atoms with E-state index in [9.17, 15) is 18.0 Å². The zero-order valence-corrected chi connectivity index (χ0v) is 7.73. The number of hydrogen-bond donors (Lipinski definition) is 0. The second kappa shape index (κ2) is 3.87. The van der Waals surface area contributed by atoms with Crippen molar-refractivity contribution < 1.29 is 18.0 Å². The average molecular weight is 235 g/mol. The molecule has 7 heteroatoms. The third-order valence-corrected chi connectivity index (χ3v) is 1.77. The maximum atomic E-state index is 12.5. The maximum absolute atomic E-state index is 12.5. The van der Waals surface area contributed by atoms with Gasteiger partial charge in [0.05, 0.1) is 16.7 Å². The van der Waals surface area contributed by atoms with Crippen LogP contribution < -0.4 is 0 Å². The van der Waals surface area contributed by atoms with Crippen molar-refractivity contribution in [2.75, 3.05) is 0 Å². The highest BCUT2D eigenvalue weighted by Gasteiger charge is 2.38. The Morgan fingerprint density at radius 3 is 2.47 bits per heavy atom. The molecule has 1 aromatic rings. The van der Waals surface area contributed by atoms with Crippen LogP contribution >= 0.6 is 11.6 Å². The Morgan fingerprint density at radius 1 is 1.47 bits per heavy atom. The van der Waals surface area contributed by atoms with E-state index < -0.39 is 28.1 Å². The molecule has 0 aliphatic heterocycles. The van der Waals surface area contributed by atoms with E-state index in [0.717, 1.165) is 6.20 Å². The van der Waals surface area contributed by atoms with Crippen LogP contribution in [0.5, 0.6) is 0 Å². The van der Waals surface area contributed by atoms with Crippen LogP contribution in [-0.4, -0.2) is 10.2 Å². The molecule has 0 saturated carbocycles. The van der Waals surface area contributed by atoms with Gasteiger partial charge in [-0.25, -0.2) is 0 Å². The molecular formula is C8H2ClF3N2O. The van der Waals surface area contributed by atoms with Gasteiger partial charge in [0.1, 0.15) is 6.07 Å². The van der Waals surface area contributed by atoms with E-state index in [2.05, 4.69) is 4.98 Å². The smallest absolute Gasteiger partial charge is 0.276 e. The summed E-state index contributed by atoms with van der Waals surface area (Å²) in [6.07, 6.45) is -3.40. The summed E-state index contributed by atoms with van der Waals surface area (Å²) in [7, 11) is 0. The molecule has 3 nitrogen and oxygen atoms in total. The Balaban J connectivity index is 3.57. The molecule has 0 aliphatic carbocycles. The van der Waals surface area contributed by atoms with Crippen LogP contribution in [0.4, 0.5) is 13.2 Å². The summed E-state index contributed by atoms with van der Waals surface area (Å²) in [5.41, 5.74) is -2.89. The molecule has 78 valence electrons. The standard InChI is InChI=1S/C8H2ClF3N2O/c9-7(15)5-3-14-2-4(1-13)6(5)8(10,11)12/h2-3H. The summed E-state index contributed by atoms with van der Waals surface area (Å²) in [5, 5.41) is 7.14. The maximum Gasteiger partial charge on any atom is 0.418 e. The molecule has 0 atom stereocenters. The topological polar surface area (TPSA) is 53.8 Å². The van der Waals surface area contributed by atoms with Gasteiger partial charge in [0.2, 0.25) is 0 Å². The molecule has 0 bridgehead atoms. The van der Waals surface area contributed by atoms with Gasteiger partial charge in [-0.05, 0) is 11.6 Å². The molecule has 0 spiro atoms. The fourth-order valence-electron chi connectivity index (χ4n) is 1.000. The molecule has 0 radical (unpaired) electrons. The van der Waals surface area contributed by atoms with Crippen molar-refractivity contribution in [2.45, 2.75) is 6.18 Å². The molecule has 0 aromatic carbocycles. The van der Waals surface area contributed by atoms with Crippen molar-refractivity contribution in [1.29, 1.82) is 5.26 Å². The average Bonchev–Trinajstić information content (AvgIpc) is 2.15. The van der Waals surface area contributed by atoms with Gasteiger partial charge in [-0.15, -0.1) is 0 Å². The van der Waals surface area contributed by atoms with Crippen LogP contribution in [0.1, 0.15) is 21.5 Å². The van der Waals surface area contributed by atoms with E-state index in [0.29, 0.717) is 6.20 Å². The van der Waals surface area contributed by atoms with Crippen molar-refractivity contribution in [1.82, 2.24) is 4.98 Å². The summed E-state index contributed by atoms with van der Waals surface area (Å²) in [4.78, 5) is 14.0. The van der Waals surface area contributed by atoms with Gasteiger partial charge in [0, 0.05) is 12.4 Å². The number of hydrogen-bond acceptors (Lipinski definition) is 3. The van der Waals surface area contributed by atoms with Crippen LogP contribution in [-0.2, 0) is 6.18 Å². The number of halogens is 4. The van der Waals surface area contributed by atoms with Crippen LogP contribution in [0.15, 0.2) is 12.4 Å². The first-order valence-corrected chi connectivity index (χ1v) is 3.91. The molecule has 0 unspecified atom stereocenters. The van der Waals surface area contributed by atoms with E-state index in [-0.39, 0.29) is 0 Å². The zero-order valence-electron chi connectivity index (χ0n) is 6.97. The molecule has 0 fully saturated rings. The highest BCUT2D eigenvalue weighted by Crippen LogP contribution is 2.34. The second-order valence-electron chi connectivity index (χ2n) is 2.49. The van der Waals surface area contributed by atoms with Crippen LogP contribution in [0.2, 0.25) is 0 Å². The molecule has 15 heavy (non-hydrogen) atoms. The molecule has 1 aromatic heterocycles. The number of aromatic nitrogens is 1. The molecule has 0 saturated heterocycles. The lowest BCUT2D eigenvalue weighted by Crippen LogP contribution is -2.14. The number of carbonyl (C=O) groups is 1.